The Morgan fingerprint density at radius 3 is 1.54 bits per heavy atom. The molecule has 1 unspecified atom stereocenters. The van der Waals surface area contributed by atoms with Crippen LogP contribution in [0.3, 0.4) is 0 Å². The first-order valence-corrected chi connectivity index (χ1v) is 3.86. The maximum absolute atomic E-state index is 12.4. The van der Waals surface area contributed by atoms with Gasteiger partial charge in [-0.1, -0.05) is 11.6 Å². The molecule has 8 heteroatoms. The fourth-order valence-corrected chi connectivity index (χ4v) is 0.815. The van der Waals surface area contributed by atoms with Gasteiger partial charge in [0.05, 0.1) is 0 Å². The Morgan fingerprint density at radius 1 is 0.923 bits per heavy atom. The standard InChI is InChI=1S/C5H4Cl2F6/c6-2-1-3(8,9)4(7,10)5(11,12)13/h1-2H2. The molecular formula is C5H4Cl2F6. The van der Waals surface area contributed by atoms with E-state index in [1.165, 1.54) is 0 Å². The molecule has 0 bridgehead atoms. The molecule has 0 saturated heterocycles. The van der Waals surface area contributed by atoms with E-state index in [1.807, 2.05) is 0 Å². The zero-order valence-electron chi connectivity index (χ0n) is 5.94. The highest BCUT2D eigenvalue weighted by molar-refractivity contribution is 6.24. The first kappa shape index (κ1) is 13.2. The van der Waals surface area contributed by atoms with Crippen LogP contribution in [0, 0.1) is 0 Å². The van der Waals surface area contributed by atoms with Crippen LogP contribution in [-0.2, 0) is 0 Å². The van der Waals surface area contributed by atoms with Crippen LogP contribution < -0.4 is 0 Å². The molecule has 0 N–H and O–H groups in total. The topological polar surface area (TPSA) is 0 Å². The van der Waals surface area contributed by atoms with Gasteiger partial charge < -0.3 is 0 Å². The molecule has 0 aliphatic carbocycles. The van der Waals surface area contributed by atoms with Crippen molar-refractivity contribution in [1.29, 1.82) is 0 Å². The van der Waals surface area contributed by atoms with E-state index in [0.717, 1.165) is 0 Å². The molecule has 0 aromatic rings. The quantitative estimate of drug-likeness (QED) is 0.528. The van der Waals surface area contributed by atoms with E-state index in [0.29, 0.717) is 0 Å². The highest BCUT2D eigenvalue weighted by Gasteiger charge is 2.69. The summed E-state index contributed by atoms with van der Waals surface area (Å²) >= 11 is 8.85. The molecule has 0 aromatic heterocycles. The van der Waals surface area contributed by atoms with Crippen molar-refractivity contribution in [3.8, 4) is 0 Å². The fourth-order valence-electron chi connectivity index (χ4n) is 0.483. The number of hydrogen-bond donors (Lipinski definition) is 0. The molecule has 0 rings (SSSR count). The van der Waals surface area contributed by atoms with Crippen LogP contribution in [0.2, 0.25) is 0 Å². The van der Waals surface area contributed by atoms with Gasteiger partial charge in [-0.15, -0.1) is 11.6 Å². The van der Waals surface area contributed by atoms with Gasteiger partial charge >= 0.3 is 17.2 Å². The molecule has 0 aliphatic rings. The maximum Gasteiger partial charge on any atom is 0.443 e. The average Bonchev–Trinajstić information content (AvgIpc) is 1.84. The molecule has 0 spiro atoms. The van der Waals surface area contributed by atoms with Crippen molar-refractivity contribution in [3.63, 3.8) is 0 Å². The summed E-state index contributed by atoms with van der Waals surface area (Å²) in [5.74, 6) is -5.55. The van der Waals surface area contributed by atoms with E-state index in [9.17, 15) is 26.3 Å². The van der Waals surface area contributed by atoms with Crippen molar-refractivity contribution in [2.75, 3.05) is 5.88 Å². The van der Waals surface area contributed by atoms with Crippen LogP contribution >= 0.6 is 23.2 Å². The Morgan fingerprint density at radius 2 is 1.31 bits per heavy atom. The molecule has 0 aliphatic heterocycles. The third-order valence-corrected chi connectivity index (χ3v) is 1.90. The summed E-state index contributed by atoms with van der Waals surface area (Å²) in [4.78, 5) is 0. The van der Waals surface area contributed by atoms with E-state index in [-0.39, 0.29) is 0 Å². The minimum absolute atomic E-state index is 0.818. The van der Waals surface area contributed by atoms with Gasteiger partial charge in [0.25, 0.3) is 0 Å². The SMILES string of the molecule is FC(F)(F)C(F)(Cl)C(F)(F)CCCl. The lowest BCUT2D eigenvalue weighted by Gasteiger charge is -2.29. The molecule has 0 aromatic carbocycles. The summed E-state index contributed by atoms with van der Waals surface area (Å²) < 4.78 is 72.0. The van der Waals surface area contributed by atoms with Gasteiger partial charge in [0.2, 0.25) is 0 Å². The number of alkyl halides is 8. The predicted octanol–water partition coefficient (Wildman–Crippen LogP) is 3.72. The van der Waals surface area contributed by atoms with Crippen LogP contribution in [0.5, 0.6) is 0 Å². The smallest absolute Gasteiger partial charge is 0.209 e. The van der Waals surface area contributed by atoms with Crippen LogP contribution in [0.15, 0.2) is 0 Å². The maximum atomic E-state index is 12.4. The zero-order chi connectivity index (χ0) is 10.9. The number of hydrogen-bond acceptors (Lipinski definition) is 0. The molecule has 13 heavy (non-hydrogen) atoms. The van der Waals surface area contributed by atoms with Crippen molar-refractivity contribution >= 4 is 23.2 Å². The predicted molar refractivity (Wildman–Crippen MR) is 36.0 cm³/mol. The van der Waals surface area contributed by atoms with Gasteiger partial charge in [0.15, 0.2) is 0 Å². The number of rotatable bonds is 3. The van der Waals surface area contributed by atoms with Gasteiger partial charge in [0, 0.05) is 12.3 Å². The monoisotopic (exact) mass is 248 g/mol. The van der Waals surface area contributed by atoms with E-state index < -0.39 is 29.5 Å². The van der Waals surface area contributed by atoms with E-state index in [1.54, 1.807) is 0 Å². The minimum atomic E-state index is -5.83. The van der Waals surface area contributed by atoms with Gasteiger partial charge in [0.1, 0.15) is 0 Å². The first-order valence-electron chi connectivity index (χ1n) is 2.94. The first-order chi connectivity index (χ1) is 5.56. The van der Waals surface area contributed by atoms with Crippen molar-refractivity contribution < 1.29 is 26.3 Å². The summed E-state index contributed by atoms with van der Waals surface area (Å²) in [7, 11) is 0. The molecule has 0 fully saturated rings. The van der Waals surface area contributed by atoms with Crippen molar-refractivity contribution in [2.24, 2.45) is 0 Å². The summed E-state index contributed by atoms with van der Waals surface area (Å²) in [5.41, 5.74) is 0. The van der Waals surface area contributed by atoms with Crippen LogP contribution in [0.25, 0.3) is 0 Å². The lowest BCUT2D eigenvalue weighted by molar-refractivity contribution is -0.266. The van der Waals surface area contributed by atoms with Crippen molar-refractivity contribution in [2.45, 2.75) is 23.6 Å². The molecule has 0 radical (unpaired) electrons. The highest BCUT2D eigenvalue weighted by atomic mass is 35.5. The summed E-state index contributed by atoms with van der Waals surface area (Å²) in [6.45, 7) is 0. The lowest BCUT2D eigenvalue weighted by atomic mass is 10.1. The van der Waals surface area contributed by atoms with Gasteiger partial charge in [-0.3, -0.25) is 0 Å². The summed E-state index contributed by atoms with van der Waals surface area (Å²) in [6, 6.07) is 0. The second-order valence-electron chi connectivity index (χ2n) is 2.22. The van der Waals surface area contributed by atoms with Gasteiger partial charge in [-0.05, 0) is 0 Å². The normalized spacial score (nSPS) is 18.5. The van der Waals surface area contributed by atoms with Gasteiger partial charge in [-0.25, -0.2) is 13.2 Å². The zero-order valence-corrected chi connectivity index (χ0v) is 7.45. The summed E-state index contributed by atoms with van der Waals surface area (Å²) in [6.07, 6.45) is -7.31. The van der Waals surface area contributed by atoms with Crippen molar-refractivity contribution in [1.82, 2.24) is 0 Å². The molecular weight excluding hydrogens is 245 g/mol. The van der Waals surface area contributed by atoms with E-state index in [2.05, 4.69) is 11.6 Å². The Kier molecular flexibility index (Phi) is 3.77. The molecule has 80 valence electrons. The molecule has 0 heterocycles. The van der Waals surface area contributed by atoms with E-state index in [4.69, 9.17) is 11.6 Å². The van der Waals surface area contributed by atoms with Gasteiger partial charge in [-0.2, -0.15) is 13.2 Å². The Hall–Kier alpha value is 0.160. The molecule has 0 amide bonds. The third-order valence-electron chi connectivity index (χ3n) is 1.22. The molecule has 0 nitrogen and oxygen atoms in total. The largest absolute Gasteiger partial charge is 0.443 e. The minimum Gasteiger partial charge on any atom is -0.209 e. The number of halogens is 8. The second-order valence-corrected chi connectivity index (χ2v) is 3.11. The molecule has 0 saturated carbocycles. The Bertz CT molecular complexity index is 174. The highest BCUT2D eigenvalue weighted by Crippen LogP contribution is 2.49. The lowest BCUT2D eigenvalue weighted by Crippen LogP contribution is -2.51. The van der Waals surface area contributed by atoms with E-state index >= 15 is 0 Å². The summed E-state index contributed by atoms with van der Waals surface area (Å²) in [5, 5.41) is -5.06. The molecule has 1 atom stereocenters. The van der Waals surface area contributed by atoms with Crippen molar-refractivity contribution in [3.05, 3.63) is 0 Å². The van der Waals surface area contributed by atoms with Crippen LogP contribution in [0.4, 0.5) is 26.3 Å². The van der Waals surface area contributed by atoms with Crippen LogP contribution in [-0.4, -0.2) is 23.1 Å². The fraction of sp³-hybridized carbons (Fsp3) is 1.00. The Balaban J connectivity index is 4.81. The average molecular weight is 249 g/mol. The second kappa shape index (κ2) is 3.73. The Labute approximate surface area is 79.8 Å². The van der Waals surface area contributed by atoms with Crippen LogP contribution in [0.1, 0.15) is 6.42 Å². The third kappa shape index (κ3) is 2.56.